The molecule has 1 unspecified atom stereocenters. The van der Waals surface area contributed by atoms with Gasteiger partial charge in [-0.05, 0) is 42.2 Å². The molecule has 1 aliphatic rings. The predicted molar refractivity (Wildman–Crippen MR) is 67.5 cm³/mol. The lowest BCUT2D eigenvalue weighted by Crippen LogP contribution is -2.26. The van der Waals surface area contributed by atoms with Crippen LogP contribution in [0.4, 0.5) is 8.78 Å². The molecule has 100 valence electrons. The Labute approximate surface area is 107 Å². The van der Waals surface area contributed by atoms with Gasteiger partial charge in [0.2, 0.25) is 0 Å². The largest absolute Gasteiger partial charge is 0.381 e. The lowest BCUT2D eigenvalue weighted by molar-refractivity contribution is 0.0516. The van der Waals surface area contributed by atoms with Crippen molar-refractivity contribution in [3.05, 3.63) is 35.4 Å². The number of rotatable bonds is 3. The summed E-state index contributed by atoms with van der Waals surface area (Å²) < 4.78 is 32.3. The number of ether oxygens (including phenoxy) is 1. The van der Waals surface area contributed by atoms with Crippen LogP contribution in [-0.2, 0) is 4.74 Å². The molecule has 0 saturated carbocycles. The van der Waals surface area contributed by atoms with Gasteiger partial charge < -0.3 is 4.74 Å². The summed E-state index contributed by atoms with van der Waals surface area (Å²) in [6.45, 7) is 5.69. The molecule has 1 nitrogen and oxygen atoms in total. The zero-order chi connectivity index (χ0) is 13.1. The van der Waals surface area contributed by atoms with Crippen LogP contribution in [0.15, 0.2) is 18.2 Å². The third-order valence-electron chi connectivity index (χ3n) is 3.81. The van der Waals surface area contributed by atoms with E-state index < -0.39 is 11.6 Å². The van der Waals surface area contributed by atoms with Crippen molar-refractivity contribution in [2.75, 3.05) is 13.2 Å². The molecule has 0 aromatic heterocycles. The average Bonchev–Trinajstić information content (AvgIpc) is 2.33. The Bertz CT molecular complexity index is 397. The second-order valence-electron chi connectivity index (χ2n) is 5.39. The first kappa shape index (κ1) is 13.5. The van der Waals surface area contributed by atoms with Gasteiger partial charge in [-0.3, -0.25) is 0 Å². The van der Waals surface area contributed by atoms with E-state index in [1.54, 1.807) is 6.07 Å². The number of hydrogen-bond acceptors (Lipinski definition) is 1. The van der Waals surface area contributed by atoms with Crippen molar-refractivity contribution in [3.8, 4) is 0 Å². The zero-order valence-electron chi connectivity index (χ0n) is 11.0. The molecule has 0 bridgehead atoms. The minimum absolute atomic E-state index is 0.148. The lowest BCUT2D eigenvalue weighted by Gasteiger charge is -2.33. The quantitative estimate of drug-likeness (QED) is 0.788. The summed E-state index contributed by atoms with van der Waals surface area (Å²) in [5.41, 5.74) is 0.651. The fourth-order valence-electron chi connectivity index (χ4n) is 3.00. The smallest absolute Gasteiger partial charge is 0.129 e. The maximum atomic E-state index is 13.9. The van der Waals surface area contributed by atoms with E-state index in [-0.39, 0.29) is 5.92 Å². The number of halogens is 2. The van der Waals surface area contributed by atoms with Crippen LogP contribution in [0.5, 0.6) is 0 Å². The molecular weight excluding hydrogens is 234 g/mol. The van der Waals surface area contributed by atoms with E-state index in [0.29, 0.717) is 17.4 Å². The van der Waals surface area contributed by atoms with Gasteiger partial charge in [0.1, 0.15) is 11.6 Å². The summed E-state index contributed by atoms with van der Waals surface area (Å²) in [6.07, 6.45) is 1.92. The second kappa shape index (κ2) is 5.79. The monoisotopic (exact) mass is 254 g/mol. The standard InChI is InChI=1S/C15H20F2O/c1-10(2)15(11-5-7-18-8-6-11)13-4-3-12(16)9-14(13)17/h3-4,9-11,15H,5-8H2,1-2H3. The van der Waals surface area contributed by atoms with E-state index in [0.717, 1.165) is 32.1 Å². The Morgan fingerprint density at radius 1 is 1.17 bits per heavy atom. The summed E-state index contributed by atoms with van der Waals surface area (Å²) >= 11 is 0. The van der Waals surface area contributed by atoms with Crippen LogP contribution in [0.3, 0.4) is 0 Å². The Morgan fingerprint density at radius 3 is 2.39 bits per heavy atom. The van der Waals surface area contributed by atoms with Crippen molar-refractivity contribution < 1.29 is 13.5 Å². The van der Waals surface area contributed by atoms with Gasteiger partial charge in [-0.1, -0.05) is 19.9 Å². The van der Waals surface area contributed by atoms with E-state index in [9.17, 15) is 8.78 Å². The molecule has 1 atom stereocenters. The molecule has 0 spiro atoms. The fourth-order valence-corrected chi connectivity index (χ4v) is 3.00. The maximum absolute atomic E-state index is 13.9. The van der Waals surface area contributed by atoms with E-state index in [1.165, 1.54) is 6.07 Å². The first-order valence-electron chi connectivity index (χ1n) is 6.62. The number of benzene rings is 1. The van der Waals surface area contributed by atoms with E-state index >= 15 is 0 Å². The average molecular weight is 254 g/mol. The third-order valence-corrected chi connectivity index (χ3v) is 3.81. The highest BCUT2D eigenvalue weighted by Gasteiger charge is 2.29. The van der Waals surface area contributed by atoms with Crippen molar-refractivity contribution >= 4 is 0 Å². The van der Waals surface area contributed by atoms with Crippen LogP contribution < -0.4 is 0 Å². The van der Waals surface area contributed by atoms with E-state index in [4.69, 9.17) is 4.74 Å². The molecule has 0 amide bonds. The van der Waals surface area contributed by atoms with Crippen LogP contribution in [0, 0.1) is 23.5 Å². The molecular formula is C15H20F2O. The normalized spacial score (nSPS) is 19.2. The lowest BCUT2D eigenvalue weighted by atomic mass is 9.75. The van der Waals surface area contributed by atoms with Crippen LogP contribution in [0.25, 0.3) is 0 Å². The molecule has 1 saturated heterocycles. The first-order valence-corrected chi connectivity index (χ1v) is 6.62. The molecule has 3 heteroatoms. The summed E-state index contributed by atoms with van der Waals surface area (Å²) in [5, 5.41) is 0. The summed E-state index contributed by atoms with van der Waals surface area (Å²) in [6, 6.07) is 3.95. The van der Waals surface area contributed by atoms with E-state index in [1.807, 2.05) is 0 Å². The first-order chi connectivity index (χ1) is 8.59. The molecule has 0 aliphatic carbocycles. The Morgan fingerprint density at radius 2 is 1.83 bits per heavy atom. The Hall–Kier alpha value is -0.960. The maximum Gasteiger partial charge on any atom is 0.129 e. The van der Waals surface area contributed by atoms with Crippen molar-refractivity contribution in [1.29, 1.82) is 0 Å². The topological polar surface area (TPSA) is 9.23 Å². The van der Waals surface area contributed by atoms with Crippen molar-refractivity contribution in [3.63, 3.8) is 0 Å². The van der Waals surface area contributed by atoms with Crippen LogP contribution in [-0.4, -0.2) is 13.2 Å². The SMILES string of the molecule is CC(C)C(c1ccc(F)cc1F)C1CCOCC1. The van der Waals surface area contributed by atoms with Gasteiger partial charge in [-0.25, -0.2) is 8.78 Å². The van der Waals surface area contributed by atoms with Gasteiger partial charge in [0, 0.05) is 19.3 Å². The molecule has 1 fully saturated rings. The molecule has 2 rings (SSSR count). The predicted octanol–water partition coefficient (Wildman–Crippen LogP) is 4.13. The molecule has 1 aromatic carbocycles. The van der Waals surface area contributed by atoms with Crippen LogP contribution in [0.1, 0.15) is 38.2 Å². The Balaban J connectivity index is 2.28. The molecule has 0 radical (unpaired) electrons. The van der Waals surface area contributed by atoms with Crippen LogP contribution >= 0.6 is 0 Å². The molecule has 1 aliphatic heterocycles. The molecule has 1 heterocycles. The Kier molecular flexibility index (Phi) is 4.33. The van der Waals surface area contributed by atoms with Gasteiger partial charge in [0.15, 0.2) is 0 Å². The van der Waals surface area contributed by atoms with Gasteiger partial charge in [-0.2, -0.15) is 0 Å². The van der Waals surface area contributed by atoms with Crippen molar-refractivity contribution in [1.82, 2.24) is 0 Å². The van der Waals surface area contributed by atoms with E-state index in [2.05, 4.69) is 13.8 Å². The summed E-state index contributed by atoms with van der Waals surface area (Å²) in [4.78, 5) is 0. The summed E-state index contributed by atoms with van der Waals surface area (Å²) in [5.74, 6) is -0.00722. The van der Waals surface area contributed by atoms with Gasteiger partial charge in [0.25, 0.3) is 0 Å². The number of hydrogen-bond donors (Lipinski definition) is 0. The molecule has 1 aromatic rings. The fraction of sp³-hybridized carbons (Fsp3) is 0.600. The van der Waals surface area contributed by atoms with Gasteiger partial charge >= 0.3 is 0 Å². The summed E-state index contributed by atoms with van der Waals surface area (Å²) in [7, 11) is 0. The highest BCUT2D eigenvalue weighted by molar-refractivity contribution is 5.24. The molecule has 18 heavy (non-hydrogen) atoms. The third kappa shape index (κ3) is 2.89. The van der Waals surface area contributed by atoms with Gasteiger partial charge in [0.05, 0.1) is 0 Å². The highest BCUT2D eigenvalue weighted by atomic mass is 19.1. The zero-order valence-corrected chi connectivity index (χ0v) is 11.0. The van der Waals surface area contributed by atoms with Gasteiger partial charge in [-0.15, -0.1) is 0 Å². The van der Waals surface area contributed by atoms with Crippen LogP contribution in [0.2, 0.25) is 0 Å². The minimum atomic E-state index is -0.509. The second-order valence-corrected chi connectivity index (χ2v) is 5.39. The molecule has 0 N–H and O–H groups in total. The highest BCUT2D eigenvalue weighted by Crippen LogP contribution is 2.38. The minimum Gasteiger partial charge on any atom is -0.381 e. The van der Waals surface area contributed by atoms with Crippen molar-refractivity contribution in [2.24, 2.45) is 11.8 Å². The van der Waals surface area contributed by atoms with Crippen molar-refractivity contribution in [2.45, 2.75) is 32.6 Å².